The lowest BCUT2D eigenvalue weighted by atomic mass is 9.86. The van der Waals surface area contributed by atoms with Crippen molar-refractivity contribution in [1.29, 1.82) is 0 Å². The summed E-state index contributed by atoms with van der Waals surface area (Å²) in [4.78, 5) is 0. The van der Waals surface area contributed by atoms with Crippen LogP contribution in [-0.4, -0.2) is 10.6 Å². The zero-order valence-corrected chi connectivity index (χ0v) is 32.9. The second kappa shape index (κ2) is 14.2. The number of rotatable bonds is 6. The van der Waals surface area contributed by atoms with E-state index in [1.54, 1.807) is 0 Å². The standard InChI is InChI=1S/C56H41N3O/c1-4-14-36(15-5-1)39-26-28-40(29-27-39)54-45-20-10-11-23-48(45)57-56(58-54)47-22-13-25-52-53(47)46-21-12-24-49(55(46)60-52)59-50-34-41(37-16-6-2-7-17-37)30-32-43(50)44-33-31-42(35-51(44)59)38-18-8-3-9-19-38/h1-26,28-35,39,48,56-58H,27H2. The Morgan fingerprint density at radius 3 is 1.93 bits per heavy atom. The molecule has 2 aliphatic carbocycles. The molecule has 4 heteroatoms. The molecule has 4 nitrogen and oxygen atoms in total. The van der Waals surface area contributed by atoms with Gasteiger partial charge in [-0.1, -0.05) is 182 Å². The topological polar surface area (TPSA) is 42.1 Å². The molecular formula is C56H41N3O. The summed E-state index contributed by atoms with van der Waals surface area (Å²) < 4.78 is 9.45. The van der Waals surface area contributed by atoms with Crippen LogP contribution in [0, 0.1) is 0 Å². The summed E-state index contributed by atoms with van der Waals surface area (Å²) in [6.07, 6.45) is 16.7. The van der Waals surface area contributed by atoms with Gasteiger partial charge in [-0.3, -0.25) is 5.32 Å². The van der Waals surface area contributed by atoms with Crippen molar-refractivity contribution in [2.75, 3.05) is 0 Å². The lowest BCUT2D eigenvalue weighted by Crippen LogP contribution is -2.46. The van der Waals surface area contributed by atoms with Gasteiger partial charge < -0.3 is 14.3 Å². The van der Waals surface area contributed by atoms with Gasteiger partial charge >= 0.3 is 0 Å². The molecule has 0 spiro atoms. The first-order chi connectivity index (χ1) is 29.7. The predicted molar refractivity (Wildman–Crippen MR) is 248 cm³/mol. The van der Waals surface area contributed by atoms with Crippen LogP contribution in [0.4, 0.5) is 0 Å². The van der Waals surface area contributed by atoms with Crippen LogP contribution in [0.2, 0.25) is 0 Å². The van der Waals surface area contributed by atoms with Crippen LogP contribution in [0.3, 0.4) is 0 Å². The Bertz CT molecular complexity index is 3190. The first-order valence-electron chi connectivity index (χ1n) is 20.9. The summed E-state index contributed by atoms with van der Waals surface area (Å²) in [5, 5.41) is 12.6. The Labute approximate surface area is 348 Å². The number of allylic oxidation sites excluding steroid dienone is 5. The van der Waals surface area contributed by atoms with Crippen molar-refractivity contribution in [2.24, 2.45) is 0 Å². The zero-order valence-electron chi connectivity index (χ0n) is 32.9. The van der Waals surface area contributed by atoms with E-state index in [1.165, 1.54) is 55.4 Å². The predicted octanol–water partition coefficient (Wildman–Crippen LogP) is 13.6. The van der Waals surface area contributed by atoms with E-state index in [2.05, 4.69) is 222 Å². The van der Waals surface area contributed by atoms with Crippen molar-refractivity contribution >= 4 is 43.7 Å². The van der Waals surface area contributed by atoms with E-state index < -0.39 is 0 Å². The van der Waals surface area contributed by atoms with E-state index in [4.69, 9.17) is 4.42 Å². The van der Waals surface area contributed by atoms with Crippen LogP contribution in [-0.2, 0) is 0 Å². The SMILES string of the molecule is C1=CC2=C(C3=CCC(c4ccccc4)C=C3)NC(c3cccc4oc5c(-n6c7cc(-c8ccccc8)ccc7c7ccc(-c8ccccc8)cc76)cccc5c34)NC2C=C1. The maximum Gasteiger partial charge on any atom is 0.159 e. The molecule has 0 amide bonds. The third-order valence-electron chi connectivity index (χ3n) is 12.6. The van der Waals surface area contributed by atoms with E-state index in [-0.39, 0.29) is 12.2 Å². The summed E-state index contributed by atoms with van der Waals surface area (Å²) in [6, 6.07) is 59.0. The molecule has 0 saturated carbocycles. The van der Waals surface area contributed by atoms with Gasteiger partial charge in [0.1, 0.15) is 11.7 Å². The molecule has 286 valence electrons. The summed E-state index contributed by atoms with van der Waals surface area (Å²) >= 11 is 0. The van der Waals surface area contributed by atoms with Crippen molar-refractivity contribution in [1.82, 2.24) is 15.2 Å². The monoisotopic (exact) mass is 771 g/mol. The molecule has 60 heavy (non-hydrogen) atoms. The molecule has 3 aliphatic rings. The van der Waals surface area contributed by atoms with Gasteiger partial charge in [0.15, 0.2) is 5.58 Å². The number of furan rings is 1. The molecule has 2 aromatic heterocycles. The highest BCUT2D eigenvalue weighted by molar-refractivity contribution is 6.14. The van der Waals surface area contributed by atoms with Crippen LogP contribution in [0.25, 0.3) is 71.7 Å². The van der Waals surface area contributed by atoms with Crippen molar-refractivity contribution in [3.05, 3.63) is 234 Å². The lowest BCUT2D eigenvalue weighted by molar-refractivity contribution is 0.437. The number of hydrogen-bond donors (Lipinski definition) is 2. The van der Waals surface area contributed by atoms with Crippen molar-refractivity contribution in [3.8, 4) is 27.9 Å². The van der Waals surface area contributed by atoms with E-state index in [0.29, 0.717) is 5.92 Å². The molecule has 3 heterocycles. The second-order valence-corrected chi connectivity index (χ2v) is 16.1. The first-order valence-corrected chi connectivity index (χ1v) is 20.9. The Morgan fingerprint density at radius 2 is 1.25 bits per heavy atom. The van der Waals surface area contributed by atoms with Gasteiger partial charge in [0.25, 0.3) is 0 Å². The molecule has 2 N–H and O–H groups in total. The molecule has 9 aromatic rings. The average molecular weight is 772 g/mol. The minimum Gasteiger partial charge on any atom is -0.454 e. The van der Waals surface area contributed by atoms with E-state index in [1.807, 2.05) is 0 Å². The Kier molecular flexibility index (Phi) is 8.17. The third kappa shape index (κ3) is 5.71. The number of benzene rings is 7. The number of nitrogens with one attached hydrogen (secondary N) is 2. The quantitative estimate of drug-likeness (QED) is 0.177. The molecule has 7 aromatic carbocycles. The largest absolute Gasteiger partial charge is 0.454 e. The summed E-state index contributed by atoms with van der Waals surface area (Å²) in [6.45, 7) is 0. The summed E-state index contributed by atoms with van der Waals surface area (Å²) in [5.41, 5.74) is 15.9. The fraction of sp³-hybridized carbons (Fsp3) is 0.0714. The maximum atomic E-state index is 7.03. The van der Waals surface area contributed by atoms with Gasteiger partial charge in [0.2, 0.25) is 0 Å². The molecule has 3 atom stereocenters. The van der Waals surface area contributed by atoms with E-state index in [9.17, 15) is 0 Å². The Morgan fingerprint density at radius 1 is 0.567 bits per heavy atom. The van der Waals surface area contributed by atoms with Gasteiger partial charge in [-0.05, 0) is 69.6 Å². The molecule has 0 fully saturated rings. The molecule has 3 unspecified atom stereocenters. The normalized spacial score (nSPS) is 18.7. The van der Waals surface area contributed by atoms with Crippen LogP contribution in [0.15, 0.2) is 228 Å². The van der Waals surface area contributed by atoms with Crippen LogP contribution in [0.1, 0.15) is 29.6 Å². The van der Waals surface area contributed by atoms with Crippen molar-refractivity contribution in [2.45, 2.75) is 24.5 Å². The number of nitrogens with zero attached hydrogens (tertiary/aromatic N) is 1. The van der Waals surface area contributed by atoms with Crippen LogP contribution < -0.4 is 10.6 Å². The minimum atomic E-state index is -0.158. The molecule has 1 aliphatic heterocycles. The highest BCUT2D eigenvalue weighted by Gasteiger charge is 2.31. The fourth-order valence-corrected chi connectivity index (χ4v) is 9.72. The number of hydrogen-bond acceptors (Lipinski definition) is 3. The number of para-hydroxylation sites is 1. The van der Waals surface area contributed by atoms with Gasteiger partial charge in [-0.25, -0.2) is 0 Å². The van der Waals surface area contributed by atoms with Gasteiger partial charge in [-0.15, -0.1) is 0 Å². The fourth-order valence-electron chi connectivity index (χ4n) is 9.72. The van der Waals surface area contributed by atoms with Gasteiger partial charge in [0.05, 0.1) is 22.8 Å². The molecule has 12 rings (SSSR count). The van der Waals surface area contributed by atoms with E-state index >= 15 is 0 Å². The molecule has 0 saturated heterocycles. The Balaban J connectivity index is 1.01. The van der Waals surface area contributed by atoms with Crippen molar-refractivity contribution in [3.63, 3.8) is 0 Å². The van der Waals surface area contributed by atoms with Gasteiger partial charge in [-0.2, -0.15) is 0 Å². The molecular weight excluding hydrogens is 731 g/mol. The van der Waals surface area contributed by atoms with Crippen molar-refractivity contribution < 1.29 is 4.42 Å². The van der Waals surface area contributed by atoms with Crippen LogP contribution >= 0.6 is 0 Å². The first kappa shape index (κ1) is 34.6. The molecule has 0 radical (unpaired) electrons. The lowest BCUT2D eigenvalue weighted by Gasteiger charge is -2.37. The highest BCUT2D eigenvalue weighted by atomic mass is 16.3. The summed E-state index contributed by atoms with van der Waals surface area (Å²) in [7, 11) is 0. The van der Waals surface area contributed by atoms with Crippen LogP contribution in [0.5, 0.6) is 0 Å². The number of aromatic nitrogens is 1. The zero-order chi connectivity index (χ0) is 39.6. The number of fused-ring (bicyclic) bond motifs is 7. The average Bonchev–Trinajstić information content (AvgIpc) is 3.87. The highest BCUT2D eigenvalue weighted by Crippen LogP contribution is 2.43. The summed E-state index contributed by atoms with van der Waals surface area (Å²) in [5.74, 6) is 0.375. The smallest absolute Gasteiger partial charge is 0.159 e. The van der Waals surface area contributed by atoms with Gasteiger partial charge in [0, 0.05) is 38.7 Å². The minimum absolute atomic E-state index is 0.0663. The second-order valence-electron chi connectivity index (χ2n) is 16.1. The molecule has 0 bridgehead atoms. The maximum absolute atomic E-state index is 7.03. The van der Waals surface area contributed by atoms with E-state index in [0.717, 1.165) is 50.6 Å². The Hall–Kier alpha value is -7.40. The third-order valence-corrected chi connectivity index (χ3v) is 12.6.